The van der Waals surface area contributed by atoms with E-state index in [-0.39, 0.29) is 0 Å². The molecule has 0 spiro atoms. The van der Waals surface area contributed by atoms with E-state index < -0.39 is 0 Å². The summed E-state index contributed by atoms with van der Waals surface area (Å²) in [5.74, 6) is 0.932. The van der Waals surface area contributed by atoms with E-state index in [0.29, 0.717) is 6.04 Å². The third kappa shape index (κ3) is 2.20. The number of hydrogen-bond acceptors (Lipinski definition) is 1. The third-order valence-corrected chi connectivity index (χ3v) is 4.76. The lowest BCUT2D eigenvalue weighted by molar-refractivity contribution is 0.278. The molecule has 2 aliphatic carbocycles. The van der Waals surface area contributed by atoms with Crippen LogP contribution in [0, 0.1) is 5.92 Å². The van der Waals surface area contributed by atoms with Crippen LogP contribution in [0.4, 0.5) is 0 Å². The molecule has 2 saturated carbocycles. The number of nitrogens with one attached hydrogen (secondary N) is 1. The van der Waals surface area contributed by atoms with Crippen molar-refractivity contribution in [2.75, 3.05) is 6.54 Å². The normalized spacial score (nSPS) is 31.0. The lowest BCUT2D eigenvalue weighted by Gasteiger charge is -2.31. The van der Waals surface area contributed by atoms with Gasteiger partial charge in [-0.2, -0.15) is 0 Å². The SMILES string of the molecule is S=C(NC1CC1)N1CCCC1C1CCCC1. The molecule has 3 rings (SSSR count). The van der Waals surface area contributed by atoms with Gasteiger partial charge < -0.3 is 10.2 Å². The van der Waals surface area contributed by atoms with Gasteiger partial charge in [-0.3, -0.25) is 0 Å². The summed E-state index contributed by atoms with van der Waals surface area (Å²) in [6.45, 7) is 1.19. The van der Waals surface area contributed by atoms with Crippen LogP contribution in [0.25, 0.3) is 0 Å². The van der Waals surface area contributed by atoms with Gasteiger partial charge in [-0.05, 0) is 56.7 Å². The summed E-state index contributed by atoms with van der Waals surface area (Å²) in [5.41, 5.74) is 0. The van der Waals surface area contributed by atoms with Gasteiger partial charge in [-0.25, -0.2) is 0 Å². The zero-order valence-corrected chi connectivity index (χ0v) is 10.8. The molecule has 1 heterocycles. The van der Waals surface area contributed by atoms with E-state index in [4.69, 9.17) is 12.2 Å². The van der Waals surface area contributed by atoms with Crippen molar-refractivity contribution in [3.8, 4) is 0 Å². The molecule has 3 aliphatic rings. The van der Waals surface area contributed by atoms with Crippen molar-refractivity contribution in [1.29, 1.82) is 0 Å². The van der Waals surface area contributed by atoms with E-state index in [1.54, 1.807) is 0 Å². The lowest BCUT2D eigenvalue weighted by atomic mass is 9.96. The van der Waals surface area contributed by atoms with Crippen LogP contribution in [0.1, 0.15) is 51.4 Å². The first-order valence-electron chi connectivity index (χ1n) is 6.92. The van der Waals surface area contributed by atoms with Crippen molar-refractivity contribution < 1.29 is 0 Å². The van der Waals surface area contributed by atoms with Crippen molar-refractivity contribution in [3.63, 3.8) is 0 Å². The highest BCUT2D eigenvalue weighted by Crippen LogP contribution is 2.35. The second kappa shape index (κ2) is 4.52. The summed E-state index contributed by atoms with van der Waals surface area (Å²) < 4.78 is 0. The zero-order chi connectivity index (χ0) is 11.0. The maximum Gasteiger partial charge on any atom is 0.169 e. The van der Waals surface area contributed by atoms with E-state index in [0.717, 1.165) is 17.1 Å². The largest absolute Gasteiger partial charge is 0.360 e. The Bertz CT molecular complexity index is 269. The molecular formula is C13H22N2S. The highest BCUT2D eigenvalue weighted by molar-refractivity contribution is 7.80. The average molecular weight is 238 g/mol. The van der Waals surface area contributed by atoms with Crippen LogP contribution in [-0.4, -0.2) is 28.6 Å². The summed E-state index contributed by atoms with van der Waals surface area (Å²) in [5, 5.41) is 4.56. The molecule has 16 heavy (non-hydrogen) atoms. The summed E-state index contributed by atoms with van der Waals surface area (Å²) >= 11 is 5.56. The average Bonchev–Trinajstić information content (AvgIpc) is 2.84. The first-order valence-corrected chi connectivity index (χ1v) is 7.32. The second-order valence-corrected chi connectivity index (χ2v) is 6.06. The van der Waals surface area contributed by atoms with Gasteiger partial charge in [-0.1, -0.05) is 12.8 Å². The van der Waals surface area contributed by atoms with Crippen LogP contribution < -0.4 is 5.32 Å². The molecule has 0 aromatic carbocycles. The lowest BCUT2D eigenvalue weighted by Crippen LogP contribution is -2.45. The highest BCUT2D eigenvalue weighted by atomic mass is 32.1. The van der Waals surface area contributed by atoms with Gasteiger partial charge in [0, 0.05) is 18.6 Å². The van der Waals surface area contributed by atoms with E-state index in [9.17, 15) is 0 Å². The predicted molar refractivity (Wildman–Crippen MR) is 70.4 cm³/mol. The summed E-state index contributed by atoms with van der Waals surface area (Å²) in [6.07, 6.45) is 11.1. The minimum atomic E-state index is 0.706. The highest BCUT2D eigenvalue weighted by Gasteiger charge is 2.35. The number of likely N-dealkylation sites (tertiary alicyclic amines) is 1. The molecule has 1 saturated heterocycles. The molecule has 0 amide bonds. The van der Waals surface area contributed by atoms with Gasteiger partial charge in [0.25, 0.3) is 0 Å². The summed E-state index contributed by atoms with van der Waals surface area (Å²) in [4.78, 5) is 2.50. The number of hydrogen-bond donors (Lipinski definition) is 1. The Morgan fingerprint density at radius 2 is 1.75 bits per heavy atom. The standard InChI is InChI=1S/C13H22N2S/c16-13(14-11-7-8-11)15-9-3-6-12(15)10-4-1-2-5-10/h10-12H,1-9H2,(H,14,16). The Labute approximate surface area is 104 Å². The van der Waals surface area contributed by atoms with Gasteiger partial charge in [0.05, 0.1) is 0 Å². The molecule has 1 N–H and O–H groups in total. The number of rotatable bonds is 2. The van der Waals surface area contributed by atoms with E-state index in [1.807, 2.05) is 0 Å². The van der Waals surface area contributed by atoms with Gasteiger partial charge in [-0.15, -0.1) is 0 Å². The molecule has 3 heteroatoms. The first-order chi connectivity index (χ1) is 7.84. The fraction of sp³-hybridized carbons (Fsp3) is 0.923. The first kappa shape index (κ1) is 10.8. The van der Waals surface area contributed by atoms with E-state index in [1.165, 1.54) is 57.9 Å². The fourth-order valence-electron chi connectivity index (χ4n) is 3.36. The smallest absolute Gasteiger partial charge is 0.169 e. The van der Waals surface area contributed by atoms with Crippen molar-refractivity contribution in [2.45, 2.75) is 63.5 Å². The molecule has 1 unspecified atom stereocenters. The fourth-order valence-corrected chi connectivity index (χ4v) is 3.76. The maximum absolute atomic E-state index is 5.56. The molecule has 90 valence electrons. The quantitative estimate of drug-likeness (QED) is 0.745. The van der Waals surface area contributed by atoms with E-state index in [2.05, 4.69) is 10.2 Å². The zero-order valence-electron chi connectivity index (χ0n) is 9.95. The Morgan fingerprint density at radius 1 is 1.00 bits per heavy atom. The van der Waals surface area contributed by atoms with Crippen LogP contribution in [0.3, 0.4) is 0 Å². The minimum absolute atomic E-state index is 0.706. The van der Waals surface area contributed by atoms with Crippen LogP contribution in [0.2, 0.25) is 0 Å². The molecule has 0 aromatic heterocycles. The van der Waals surface area contributed by atoms with Gasteiger partial charge in [0.1, 0.15) is 0 Å². The van der Waals surface area contributed by atoms with Gasteiger partial charge in [0.15, 0.2) is 5.11 Å². The Morgan fingerprint density at radius 3 is 2.44 bits per heavy atom. The maximum atomic E-state index is 5.56. The Hall–Kier alpha value is -0.310. The molecule has 0 aromatic rings. The monoisotopic (exact) mass is 238 g/mol. The molecule has 2 nitrogen and oxygen atoms in total. The Kier molecular flexibility index (Phi) is 3.05. The van der Waals surface area contributed by atoms with Crippen LogP contribution in [-0.2, 0) is 0 Å². The van der Waals surface area contributed by atoms with Crippen molar-refractivity contribution in [3.05, 3.63) is 0 Å². The van der Waals surface area contributed by atoms with Crippen LogP contribution in [0.5, 0.6) is 0 Å². The van der Waals surface area contributed by atoms with Crippen LogP contribution >= 0.6 is 12.2 Å². The summed E-state index contributed by atoms with van der Waals surface area (Å²) in [6, 6.07) is 1.47. The van der Waals surface area contributed by atoms with Crippen molar-refractivity contribution in [1.82, 2.24) is 10.2 Å². The van der Waals surface area contributed by atoms with Gasteiger partial charge in [0.2, 0.25) is 0 Å². The summed E-state index contributed by atoms with van der Waals surface area (Å²) in [7, 11) is 0. The van der Waals surface area contributed by atoms with Gasteiger partial charge >= 0.3 is 0 Å². The molecule has 1 aliphatic heterocycles. The molecule has 3 fully saturated rings. The minimum Gasteiger partial charge on any atom is -0.360 e. The third-order valence-electron chi connectivity index (χ3n) is 4.41. The van der Waals surface area contributed by atoms with Crippen molar-refractivity contribution >= 4 is 17.3 Å². The number of nitrogens with zero attached hydrogens (tertiary/aromatic N) is 1. The topological polar surface area (TPSA) is 15.3 Å². The number of thiocarbonyl (C=S) groups is 1. The van der Waals surface area contributed by atoms with Crippen LogP contribution in [0.15, 0.2) is 0 Å². The van der Waals surface area contributed by atoms with Crippen molar-refractivity contribution in [2.24, 2.45) is 5.92 Å². The molecular weight excluding hydrogens is 216 g/mol. The molecule has 0 bridgehead atoms. The van der Waals surface area contributed by atoms with E-state index >= 15 is 0 Å². The molecule has 1 atom stereocenters. The predicted octanol–water partition coefficient (Wildman–Crippen LogP) is 2.68. The Balaban J connectivity index is 1.60. The second-order valence-electron chi connectivity index (χ2n) is 5.67. The molecule has 0 radical (unpaired) electrons.